The Labute approximate surface area is 251 Å². The lowest BCUT2D eigenvalue weighted by Gasteiger charge is -2.33. The third-order valence-electron chi connectivity index (χ3n) is 5.48. The van der Waals surface area contributed by atoms with E-state index in [-0.39, 0.29) is 0 Å². The normalized spacial score (nSPS) is 12.8. The fourth-order valence-electron chi connectivity index (χ4n) is 3.81. The molecule has 0 saturated heterocycles. The number of anilines is 2. The molecule has 2 N–H and O–H groups in total. The molecule has 2 nitrogen and oxygen atoms in total. The molecule has 0 spiro atoms. The Morgan fingerprint density at radius 3 is 1.25 bits per heavy atom. The highest BCUT2D eigenvalue weighted by atomic mass is 35.5. The second-order valence-corrected chi connectivity index (χ2v) is 11.3. The minimum absolute atomic E-state index is 0.314. The molecule has 0 radical (unpaired) electrons. The Hall–Kier alpha value is -1.08. The minimum atomic E-state index is -0.568. The summed E-state index contributed by atoms with van der Waals surface area (Å²) in [6.45, 7) is 0. The van der Waals surface area contributed by atoms with E-state index >= 15 is 0 Å². The van der Waals surface area contributed by atoms with Gasteiger partial charge in [0, 0.05) is 31.2 Å². The van der Waals surface area contributed by atoms with E-state index in [9.17, 15) is 0 Å². The highest BCUT2D eigenvalue weighted by Gasteiger charge is 2.31. The van der Waals surface area contributed by atoms with Gasteiger partial charge in [-0.2, -0.15) is 0 Å². The van der Waals surface area contributed by atoms with Gasteiger partial charge in [0.1, 0.15) is 0 Å². The largest absolute Gasteiger partial charge is 0.375 e. The SMILES string of the molecule is Sc1ccccc1NC(c1cc(Cl)cc(Cl)c1Cl)C(Nc1ccccc1S)c1cc(Cl)cc(Cl)c1Cl. The van der Waals surface area contributed by atoms with E-state index in [0.717, 1.165) is 21.2 Å². The van der Waals surface area contributed by atoms with Gasteiger partial charge in [0.25, 0.3) is 0 Å². The van der Waals surface area contributed by atoms with Crippen molar-refractivity contribution in [3.05, 3.63) is 114 Å². The molecule has 186 valence electrons. The van der Waals surface area contributed by atoms with Gasteiger partial charge in [-0.15, -0.1) is 25.3 Å². The first kappa shape index (κ1) is 27.9. The number of para-hydroxylation sites is 2. The smallest absolute Gasteiger partial charge is 0.0773 e. The Morgan fingerprint density at radius 1 is 0.528 bits per heavy atom. The second-order valence-electron chi connectivity index (χ2n) is 7.86. The van der Waals surface area contributed by atoms with Crippen LogP contribution in [0.15, 0.2) is 82.6 Å². The van der Waals surface area contributed by atoms with Crippen molar-refractivity contribution in [3.63, 3.8) is 0 Å². The molecule has 0 aliphatic rings. The van der Waals surface area contributed by atoms with E-state index in [1.807, 2.05) is 48.5 Å². The first-order chi connectivity index (χ1) is 17.2. The molecule has 2 atom stereocenters. The van der Waals surface area contributed by atoms with Gasteiger partial charge in [0.05, 0.1) is 32.2 Å². The topological polar surface area (TPSA) is 24.1 Å². The first-order valence-corrected chi connectivity index (χ1v) is 13.7. The summed E-state index contributed by atoms with van der Waals surface area (Å²) in [7, 11) is 0. The van der Waals surface area contributed by atoms with Crippen LogP contribution in [0.2, 0.25) is 30.1 Å². The van der Waals surface area contributed by atoms with E-state index in [2.05, 4.69) is 35.9 Å². The maximum absolute atomic E-state index is 6.76. The Balaban J connectivity index is 1.98. The third kappa shape index (κ3) is 6.31. The summed E-state index contributed by atoms with van der Waals surface area (Å²) < 4.78 is 0. The van der Waals surface area contributed by atoms with Crippen molar-refractivity contribution in [2.75, 3.05) is 10.6 Å². The molecule has 0 amide bonds. The monoisotopic (exact) mass is 632 g/mol. The van der Waals surface area contributed by atoms with Crippen LogP contribution in [-0.4, -0.2) is 0 Å². The zero-order chi connectivity index (χ0) is 26.0. The summed E-state index contributed by atoms with van der Waals surface area (Å²) in [5.41, 5.74) is 2.78. The van der Waals surface area contributed by atoms with Crippen LogP contribution < -0.4 is 10.6 Å². The zero-order valence-electron chi connectivity index (χ0n) is 18.2. The number of nitrogens with one attached hydrogen (secondary N) is 2. The van der Waals surface area contributed by atoms with Crippen molar-refractivity contribution in [3.8, 4) is 0 Å². The summed E-state index contributed by atoms with van der Waals surface area (Å²) >= 11 is 48.5. The molecule has 0 saturated carbocycles. The van der Waals surface area contributed by atoms with Crippen LogP contribution in [0.1, 0.15) is 23.2 Å². The van der Waals surface area contributed by atoms with Gasteiger partial charge in [-0.1, -0.05) is 93.9 Å². The van der Waals surface area contributed by atoms with Crippen LogP contribution >= 0.6 is 94.9 Å². The number of thiol groups is 2. The lowest BCUT2D eigenvalue weighted by molar-refractivity contribution is 0.647. The predicted octanol–water partition coefficient (Wildman–Crippen LogP) is 11.2. The summed E-state index contributed by atoms with van der Waals surface area (Å²) in [4.78, 5) is 1.46. The molecule has 4 aromatic carbocycles. The van der Waals surface area contributed by atoms with Gasteiger partial charge in [-0.25, -0.2) is 0 Å². The average Bonchev–Trinajstić information content (AvgIpc) is 2.83. The highest BCUT2D eigenvalue weighted by molar-refractivity contribution is 7.80. The van der Waals surface area contributed by atoms with Crippen molar-refractivity contribution in [2.24, 2.45) is 0 Å². The fraction of sp³-hybridized carbons (Fsp3) is 0.0769. The lowest BCUT2D eigenvalue weighted by atomic mass is 9.92. The molecule has 0 aromatic heterocycles. The van der Waals surface area contributed by atoms with E-state index in [1.54, 1.807) is 24.3 Å². The van der Waals surface area contributed by atoms with Crippen molar-refractivity contribution in [1.29, 1.82) is 0 Å². The van der Waals surface area contributed by atoms with Gasteiger partial charge < -0.3 is 10.6 Å². The second kappa shape index (κ2) is 12.2. The van der Waals surface area contributed by atoms with Crippen LogP contribution in [0.25, 0.3) is 0 Å². The molecule has 4 rings (SSSR count). The number of halogens is 6. The molecule has 0 aliphatic carbocycles. The molecular weight excluding hydrogens is 617 g/mol. The summed E-state index contributed by atoms with van der Waals surface area (Å²) in [5, 5.41) is 9.26. The van der Waals surface area contributed by atoms with E-state index in [0.29, 0.717) is 41.3 Å². The number of rotatable bonds is 7. The standard InChI is InChI=1S/C26H18Cl6N2S2/c27-13-9-15(23(31)17(29)11-13)25(33-19-5-1-3-7-21(19)35)26(34-20-6-2-4-8-22(20)36)16-10-14(28)12-18(30)24(16)32/h1-12,25-26,33-36H. The van der Waals surface area contributed by atoms with Gasteiger partial charge >= 0.3 is 0 Å². The summed E-state index contributed by atoms with van der Waals surface area (Å²) in [6, 6.07) is 20.7. The predicted molar refractivity (Wildman–Crippen MR) is 163 cm³/mol. The first-order valence-electron chi connectivity index (χ1n) is 10.5. The molecule has 0 bridgehead atoms. The zero-order valence-corrected chi connectivity index (χ0v) is 24.6. The lowest BCUT2D eigenvalue weighted by Crippen LogP contribution is -2.27. The van der Waals surface area contributed by atoms with Crippen molar-refractivity contribution < 1.29 is 0 Å². The number of hydrogen-bond acceptors (Lipinski definition) is 4. The van der Waals surface area contributed by atoms with Crippen LogP contribution in [0.4, 0.5) is 11.4 Å². The average molecular weight is 635 g/mol. The van der Waals surface area contributed by atoms with Gasteiger partial charge in [-0.3, -0.25) is 0 Å². The quantitative estimate of drug-likeness (QED) is 0.120. The summed E-state index contributed by atoms with van der Waals surface area (Å²) in [5.74, 6) is 0. The van der Waals surface area contributed by atoms with Gasteiger partial charge in [0.15, 0.2) is 0 Å². The maximum Gasteiger partial charge on any atom is 0.0773 e. The van der Waals surface area contributed by atoms with Crippen molar-refractivity contribution in [2.45, 2.75) is 21.9 Å². The Kier molecular flexibility index (Phi) is 9.46. The Morgan fingerprint density at radius 2 is 0.889 bits per heavy atom. The van der Waals surface area contributed by atoms with Crippen LogP contribution in [0, 0.1) is 0 Å². The van der Waals surface area contributed by atoms with Crippen molar-refractivity contribution in [1.82, 2.24) is 0 Å². The molecule has 0 heterocycles. The minimum Gasteiger partial charge on any atom is -0.375 e. The molecule has 2 unspecified atom stereocenters. The molecule has 36 heavy (non-hydrogen) atoms. The van der Waals surface area contributed by atoms with Crippen LogP contribution in [0.3, 0.4) is 0 Å². The molecule has 10 heteroatoms. The highest BCUT2D eigenvalue weighted by Crippen LogP contribution is 2.46. The van der Waals surface area contributed by atoms with E-state index in [4.69, 9.17) is 69.6 Å². The maximum atomic E-state index is 6.76. The van der Waals surface area contributed by atoms with E-state index in [1.165, 1.54) is 0 Å². The third-order valence-corrected chi connectivity index (χ3v) is 8.33. The van der Waals surface area contributed by atoms with Crippen molar-refractivity contribution >= 4 is 106 Å². The summed E-state index contributed by atoms with van der Waals surface area (Å²) in [6.07, 6.45) is 0. The molecule has 4 aromatic rings. The van der Waals surface area contributed by atoms with Crippen LogP contribution in [-0.2, 0) is 0 Å². The molecule has 0 aliphatic heterocycles. The van der Waals surface area contributed by atoms with E-state index < -0.39 is 12.1 Å². The number of hydrogen-bond donors (Lipinski definition) is 4. The number of benzene rings is 4. The molecular formula is C26H18Cl6N2S2. The fourth-order valence-corrected chi connectivity index (χ4v) is 5.73. The Bertz CT molecular complexity index is 1310. The van der Waals surface area contributed by atoms with Gasteiger partial charge in [0.2, 0.25) is 0 Å². The molecule has 0 fully saturated rings. The van der Waals surface area contributed by atoms with Gasteiger partial charge in [-0.05, 0) is 59.7 Å². The van der Waals surface area contributed by atoms with Crippen LogP contribution in [0.5, 0.6) is 0 Å².